The molecule has 2 aromatic carbocycles. The number of hydrogen-bond acceptors (Lipinski definition) is 4. The molecule has 7 heteroatoms. The molecule has 0 fully saturated rings. The minimum Gasteiger partial charge on any atom is -0.465 e. The number of imidazole rings is 1. The lowest BCUT2D eigenvalue weighted by Gasteiger charge is -2.33. The van der Waals surface area contributed by atoms with E-state index in [4.69, 9.17) is 25.7 Å². The highest BCUT2D eigenvalue weighted by molar-refractivity contribution is 6.48. The zero-order valence-corrected chi connectivity index (χ0v) is 24.5. The van der Waals surface area contributed by atoms with E-state index in [1.165, 1.54) is 7.11 Å². The molecule has 0 amide bonds. The Morgan fingerprint density at radius 3 is 2.36 bits per heavy atom. The van der Waals surface area contributed by atoms with Crippen LogP contribution < -0.4 is 0 Å². The summed E-state index contributed by atoms with van der Waals surface area (Å²) in [6, 6.07) is 15.8. The lowest BCUT2D eigenvalue weighted by molar-refractivity contribution is 0.0601. The number of aromatic nitrogens is 2. The molecule has 1 atom stereocenters. The molecule has 0 N–H and O–H groups in total. The van der Waals surface area contributed by atoms with Gasteiger partial charge in [-0.05, 0) is 47.7 Å². The molecule has 5 nitrogen and oxygen atoms in total. The number of ether oxygens (including phenoxy) is 1. The van der Waals surface area contributed by atoms with Crippen molar-refractivity contribution in [1.29, 1.82) is 0 Å². The van der Waals surface area contributed by atoms with E-state index >= 15 is 0 Å². The van der Waals surface area contributed by atoms with E-state index in [9.17, 15) is 4.79 Å². The Hall–Kier alpha value is -2.41. The SMILES string of the molecule is CCCCc1nc(Cl)c(C(O[SiH](C)C)C(C)(C)C)n1Cc1ccc(-c2ccccc2C(=O)OC)cc1. The molecule has 36 heavy (non-hydrogen) atoms. The number of rotatable bonds is 10. The van der Waals surface area contributed by atoms with Gasteiger partial charge < -0.3 is 13.7 Å². The van der Waals surface area contributed by atoms with Gasteiger partial charge in [0.05, 0.1) is 24.5 Å². The van der Waals surface area contributed by atoms with Gasteiger partial charge in [-0.3, -0.25) is 0 Å². The van der Waals surface area contributed by atoms with Crippen LogP contribution in [-0.4, -0.2) is 31.7 Å². The van der Waals surface area contributed by atoms with Crippen LogP contribution in [0.25, 0.3) is 11.1 Å². The number of hydrogen-bond donors (Lipinski definition) is 0. The quantitative estimate of drug-likeness (QED) is 0.203. The molecule has 0 saturated heterocycles. The Morgan fingerprint density at radius 2 is 1.78 bits per heavy atom. The second-order valence-corrected chi connectivity index (χ2v) is 13.3. The first kappa shape index (κ1) is 28.2. The average molecular weight is 527 g/mol. The summed E-state index contributed by atoms with van der Waals surface area (Å²) in [5.74, 6) is 0.662. The van der Waals surface area contributed by atoms with Gasteiger partial charge in [0.15, 0.2) is 14.2 Å². The summed E-state index contributed by atoms with van der Waals surface area (Å²) in [4.78, 5) is 17.1. The Kier molecular flexibility index (Phi) is 9.56. The maximum absolute atomic E-state index is 12.2. The number of methoxy groups -OCH3 is 1. The highest BCUT2D eigenvalue weighted by Gasteiger charge is 2.34. The topological polar surface area (TPSA) is 53.4 Å². The van der Waals surface area contributed by atoms with E-state index in [1.54, 1.807) is 6.07 Å². The molecule has 1 heterocycles. The maximum atomic E-state index is 12.2. The van der Waals surface area contributed by atoms with Gasteiger partial charge in [-0.1, -0.05) is 88.2 Å². The smallest absolute Gasteiger partial charge is 0.338 e. The number of carbonyl (C=O) groups excluding carboxylic acids is 1. The highest BCUT2D eigenvalue weighted by atomic mass is 35.5. The lowest BCUT2D eigenvalue weighted by atomic mass is 9.87. The summed E-state index contributed by atoms with van der Waals surface area (Å²) in [5, 5.41) is 0.541. The Labute approximate surface area is 222 Å². The number of carbonyl (C=O) groups is 1. The standard InChI is InChI=1S/C29H39ClN2O3Si/c1-8-9-14-24-31-27(30)25(26(29(2,3)4)35-36(6)7)32(24)19-20-15-17-21(18-16-20)22-12-10-11-13-23(22)28(33)34-5/h10-13,15-18,26,36H,8-9,14,19H2,1-7H3. The van der Waals surface area contributed by atoms with Crippen LogP contribution >= 0.6 is 11.6 Å². The molecule has 1 unspecified atom stereocenters. The molecule has 3 aromatic rings. The molecule has 1 aromatic heterocycles. The Morgan fingerprint density at radius 1 is 1.11 bits per heavy atom. The summed E-state index contributed by atoms with van der Waals surface area (Å²) in [5.41, 5.74) is 4.36. The van der Waals surface area contributed by atoms with E-state index < -0.39 is 9.04 Å². The summed E-state index contributed by atoms with van der Waals surface area (Å²) in [6.07, 6.45) is 2.88. The second-order valence-electron chi connectivity index (χ2n) is 10.6. The fraction of sp³-hybridized carbons (Fsp3) is 0.448. The predicted molar refractivity (Wildman–Crippen MR) is 150 cm³/mol. The van der Waals surface area contributed by atoms with Gasteiger partial charge in [0.25, 0.3) is 0 Å². The van der Waals surface area contributed by atoms with Crippen LogP contribution in [0.15, 0.2) is 48.5 Å². The van der Waals surface area contributed by atoms with E-state index in [2.05, 4.69) is 69.6 Å². The zero-order chi connectivity index (χ0) is 26.5. The van der Waals surface area contributed by atoms with Crippen LogP contribution in [0.2, 0.25) is 18.2 Å². The predicted octanol–water partition coefficient (Wildman–Crippen LogP) is 7.47. The molecule has 0 bridgehead atoms. The van der Waals surface area contributed by atoms with E-state index in [0.717, 1.165) is 47.5 Å². The van der Waals surface area contributed by atoms with Gasteiger partial charge in [0.2, 0.25) is 0 Å². The van der Waals surface area contributed by atoms with Crippen molar-refractivity contribution in [2.75, 3.05) is 7.11 Å². The van der Waals surface area contributed by atoms with Crippen molar-refractivity contribution in [3.63, 3.8) is 0 Å². The van der Waals surface area contributed by atoms with Crippen molar-refractivity contribution in [1.82, 2.24) is 9.55 Å². The molecule has 0 aliphatic heterocycles. The van der Waals surface area contributed by atoms with Gasteiger partial charge in [0, 0.05) is 13.0 Å². The summed E-state index contributed by atoms with van der Waals surface area (Å²) >= 11 is 6.81. The van der Waals surface area contributed by atoms with Crippen LogP contribution in [0.4, 0.5) is 0 Å². The van der Waals surface area contributed by atoms with Gasteiger partial charge in [-0.2, -0.15) is 0 Å². The van der Waals surface area contributed by atoms with Gasteiger partial charge in [-0.25, -0.2) is 9.78 Å². The average Bonchev–Trinajstić information content (AvgIpc) is 3.14. The van der Waals surface area contributed by atoms with Gasteiger partial charge in [-0.15, -0.1) is 0 Å². The fourth-order valence-corrected chi connectivity index (χ4v) is 5.76. The molecular weight excluding hydrogens is 488 g/mol. The fourth-order valence-electron chi connectivity index (χ4n) is 4.38. The molecular formula is C29H39ClN2O3Si. The largest absolute Gasteiger partial charge is 0.465 e. The molecule has 0 radical (unpaired) electrons. The Balaban J connectivity index is 2.01. The molecule has 194 valence electrons. The van der Waals surface area contributed by atoms with Crippen molar-refractivity contribution in [3.05, 3.63) is 76.3 Å². The summed E-state index contributed by atoms with van der Waals surface area (Å²) in [6.45, 7) is 13.8. The third-order valence-electron chi connectivity index (χ3n) is 6.18. The van der Waals surface area contributed by atoms with Crippen LogP contribution in [0, 0.1) is 5.41 Å². The van der Waals surface area contributed by atoms with Crippen molar-refractivity contribution in [2.24, 2.45) is 5.41 Å². The number of esters is 1. The number of benzene rings is 2. The zero-order valence-electron chi connectivity index (χ0n) is 22.6. The first-order valence-electron chi connectivity index (χ1n) is 12.7. The van der Waals surface area contributed by atoms with Crippen LogP contribution in [0.5, 0.6) is 0 Å². The van der Waals surface area contributed by atoms with Crippen LogP contribution in [0.3, 0.4) is 0 Å². The van der Waals surface area contributed by atoms with Crippen molar-refractivity contribution < 1.29 is 14.0 Å². The number of aryl methyl sites for hydroxylation is 1. The van der Waals surface area contributed by atoms with Crippen molar-refractivity contribution in [2.45, 2.75) is 72.7 Å². The lowest BCUT2D eigenvalue weighted by Crippen LogP contribution is -2.28. The maximum Gasteiger partial charge on any atom is 0.338 e. The molecule has 0 spiro atoms. The number of nitrogens with zero attached hydrogens (tertiary/aromatic N) is 2. The molecule has 3 rings (SSSR count). The van der Waals surface area contributed by atoms with E-state index in [0.29, 0.717) is 17.3 Å². The van der Waals surface area contributed by atoms with E-state index in [-0.39, 0.29) is 17.5 Å². The minimum atomic E-state index is -1.33. The van der Waals surface area contributed by atoms with E-state index in [1.807, 2.05) is 18.2 Å². The molecule has 0 aliphatic rings. The third-order valence-corrected chi connectivity index (χ3v) is 7.27. The second kappa shape index (κ2) is 12.2. The first-order valence-corrected chi connectivity index (χ1v) is 15.9. The van der Waals surface area contributed by atoms with Crippen molar-refractivity contribution >= 4 is 26.6 Å². The number of unbranched alkanes of at least 4 members (excludes halogenated alkanes) is 1. The third kappa shape index (κ3) is 6.66. The van der Waals surface area contributed by atoms with Crippen molar-refractivity contribution in [3.8, 4) is 11.1 Å². The minimum absolute atomic E-state index is 0.123. The highest BCUT2D eigenvalue weighted by Crippen LogP contribution is 2.40. The van der Waals surface area contributed by atoms with Crippen LogP contribution in [0.1, 0.15) is 74.1 Å². The summed E-state index contributed by atoms with van der Waals surface area (Å²) < 4.78 is 13.8. The monoisotopic (exact) mass is 526 g/mol. The number of halogens is 1. The van der Waals surface area contributed by atoms with Gasteiger partial charge >= 0.3 is 5.97 Å². The first-order chi connectivity index (χ1) is 17.1. The Bertz CT molecular complexity index is 1170. The normalized spacial score (nSPS) is 12.7. The van der Waals surface area contributed by atoms with Crippen LogP contribution in [-0.2, 0) is 22.1 Å². The van der Waals surface area contributed by atoms with Gasteiger partial charge in [0.1, 0.15) is 5.82 Å². The molecule has 0 saturated carbocycles. The summed E-state index contributed by atoms with van der Waals surface area (Å²) in [7, 11) is 0.0728. The molecule has 0 aliphatic carbocycles.